The number of carboxylic acid groups (broad SMARTS) is 1. The third kappa shape index (κ3) is 11.0. The molecule has 0 aromatic carbocycles. The van der Waals surface area contributed by atoms with Crippen molar-refractivity contribution in [1.29, 1.82) is 0 Å². The van der Waals surface area contributed by atoms with Crippen LogP contribution in [0.25, 0.3) is 0 Å². The van der Waals surface area contributed by atoms with Crippen molar-refractivity contribution in [2.45, 2.75) is 58.3 Å². The third-order valence-corrected chi connectivity index (χ3v) is 3.97. The normalized spacial score (nSPS) is 12.1. The highest BCUT2D eigenvalue weighted by Crippen LogP contribution is 2.18. The number of aliphatic carboxylic acids is 1. The minimum absolute atomic E-state index is 0.0165. The quantitative estimate of drug-likeness (QED) is 0.528. The Morgan fingerprint density at radius 2 is 1.65 bits per heavy atom. The predicted octanol–water partition coefficient (Wildman–Crippen LogP) is 3.33. The zero-order chi connectivity index (χ0) is 15.4. The van der Waals surface area contributed by atoms with Gasteiger partial charge in [0.2, 0.25) is 0 Å². The van der Waals surface area contributed by atoms with Crippen LogP contribution in [0.5, 0.6) is 0 Å². The van der Waals surface area contributed by atoms with Crippen molar-refractivity contribution < 1.29 is 19.5 Å². The molecular weight excluding hydrogens is 276 g/mol. The number of hydrogen-bond acceptors (Lipinski definition) is 4. The predicted molar refractivity (Wildman–Crippen MR) is 82.1 cm³/mol. The molecule has 0 fully saturated rings. The fourth-order valence-electron chi connectivity index (χ4n) is 2.10. The summed E-state index contributed by atoms with van der Waals surface area (Å²) in [7, 11) is 0. The maximum absolute atomic E-state index is 11.5. The molecule has 0 radical (unpaired) electrons. The Balaban J connectivity index is 3.82. The van der Waals surface area contributed by atoms with Gasteiger partial charge in [0.25, 0.3) is 0 Å². The highest BCUT2D eigenvalue weighted by Gasteiger charge is 2.14. The van der Waals surface area contributed by atoms with Crippen molar-refractivity contribution in [1.82, 2.24) is 0 Å². The Bertz CT molecular complexity index is 315. The number of carbonyl (C=O) groups is 3. The molecule has 0 aromatic rings. The second kappa shape index (κ2) is 11.9. The SMILES string of the molecule is CSCCC(=O)CCCC(CCCCC(=O)O)C(C)=O. The molecule has 4 nitrogen and oxygen atoms in total. The van der Waals surface area contributed by atoms with Crippen molar-refractivity contribution in [3.05, 3.63) is 0 Å². The molecule has 1 N–H and O–H groups in total. The maximum Gasteiger partial charge on any atom is 0.303 e. The Hall–Kier alpha value is -0.840. The van der Waals surface area contributed by atoms with Crippen LogP contribution < -0.4 is 0 Å². The van der Waals surface area contributed by atoms with Crippen LogP contribution in [-0.4, -0.2) is 34.7 Å². The average Bonchev–Trinajstić information content (AvgIpc) is 2.38. The summed E-state index contributed by atoms with van der Waals surface area (Å²) in [5.41, 5.74) is 0. The summed E-state index contributed by atoms with van der Waals surface area (Å²) in [5.74, 6) is 0.481. The molecule has 1 atom stereocenters. The van der Waals surface area contributed by atoms with Gasteiger partial charge in [0.15, 0.2) is 0 Å². The molecule has 0 aromatic heterocycles. The number of Topliss-reactive ketones (excluding diaryl/α,β-unsaturated/α-hetero) is 2. The molecule has 0 spiro atoms. The largest absolute Gasteiger partial charge is 0.481 e. The van der Waals surface area contributed by atoms with Crippen LogP contribution in [0.1, 0.15) is 58.3 Å². The number of carbonyl (C=O) groups excluding carboxylic acids is 2. The first-order chi connectivity index (χ1) is 9.47. The van der Waals surface area contributed by atoms with Crippen LogP contribution in [0.2, 0.25) is 0 Å². The van der Waals surface area contributed by atoms with Gasteiger partial charge in [-0.3, -0.25) is 14.4 Å². The molecule has 0 saturated heterocycles. The van der Waals surface area contributed by atoms with E-state index in [1.165, 1.54) is 0 Å². The average molecular weight is 302 g/mol. The van der Waals surface area contributed by atoms with Gasteiger partial charge in [0.1, 0.15) is 11.6 Å². The lowest BCUT2D eigenvalue weighted by Crippen LogP contribution is -2.12. The van der Waals surface area contributed by atoms with Crippen LogP contribution in [0, 0.1) is 5.92 Å². The van der Waals surface area contributed by atoms with Crippen LogP contribution in [0.3, 0.4) is 0 Å². The van der Waals surface area contributed by atoms with Crippen LogP contribution in [-0.2, 0) is 14.4 Å². The van der Waals surface area contributed by atoms with Gasteiger partial charge in [0.05, 0.1) is 0 Å². The molecule has 0 amide bonds. The number of rotatable bonds is 13. The van der Waals surface area contributed by atoms with Gasteiger partial charge in [-0.05, 0) is 44.6 Å². The minimum Gasteiger partial charge on any atom is -0.481 e. The monoisotopic (exact) mass is 302 g/mol. The first kappa shape index (κ1) is 19.2. The zero-order valence-corrected chi connectivity index (χ0v) is 13.3. The number of hydrogen-bond donors (Lipinski definition) is 1. The lowest BCUT2D eigenvalue weighted by molar-refractivity contribution is -0.137. The standard InChI is InChI=1S/C15H26O4S/c1-12(16)13(6-3-4-9-15(18)19)7-5-8-14(17)10-11-20-2/h13H,3-11H2,1-2H3,(H,18,19). The van der Waals surface area contributed by atoms with Gasteiger partial charge in [-0.1, -0.05) is 6.42 Å². The van der Waals surface area contributed by atoms with Gasteiger partial charge in [-0.2, -0.15) is 11.8 Å². The van der Waals surface area contributed by atoms with E-state index in [2.05, 4.69) is 0 Å². The summed E-state index contributed by atoms with van der Waals surface area (Å²) in [6, 6.07) is 0. The fourth-order valence-corrected chi connectivity index (χ4v) is 2.54. The topological polar surface area (TPSA) is 71.4 Å². The highest BCUT2D eigenvalue weighted by atomic mass is 32.2. The molecule has 0 rings (SSSR count). The van der Waals surface area contributed by atoms with E-state index in [9.17, 15) is 14.4 Å². The molecule has 0 aliphatic carbocycles. The highest BCUT2D eigenvalue weighted by molar-refractivity contribution is 7.98. The number of carboxylic acids is 1. The van der Waals surface area contributed by atoms with Gasteiger partial charge >= 0.3 is 5.97 Å². The molecule has 0 saturated carbocycles. The Kier molecular flexibility index (Phi) is 11.4. The minimum atomic E-state index is -0.788. The smallest absolute Gasteiger partial charge is 0.303 e. The molecule has 20 heavy (non-hydrogen) atoms. The summed E-state index contributed by atoms with van der Waals surface area (Å²) >= 11 is 1.67. The Morgan fingerprint density at radius 1 is 1.00 bits per heavy atom. The second-order valence-corrected chi connectivity index (χ2v) is 6.11. The van der Waals surface area contributed by atoms with E-state index in [1.807, 2.05) is 6.26 Å². The van der Waals surface area contributed by atoms with E-state index in [4.69, 9.17) is 5.11 Å². The van der Waals surface area contributed by atoms with Crippen molar-refractivity contribution in [3.8, 4) is 0 Å². The molecule has 0 aliphatic rings. The fraction of sp³-hybridized carbons (Fsp3) is 0.800. The number of unbranched alkanes of at least 4 members (excludes halogenated alkanes) is 1. The van der Waals surface area contributed by atoms with Crippen molar-refractivity contribution in [2.75, 3.05) is 12.0 Å². The van der Waals surface area contributed by atoms with Crippen LogP contribution in [0.4, 0.5) is 0 Å². The second-order valence-electron chi connectivity index (χ2n) is 5.12. The van der Waals surface area contributed by atoms with Crippen LogP contribution >= 0.6 is 11.8 Å². The maximum atomic E-state index is 11.5. The first-order valence-electron chi connectivity index (χ1n) is 7.20. The van der Waals surface area contributed by atoms with Crippen molar-refractivity contribution in [2.24, 2.45) is 5.92 Å². The summed E-state index contributed by atoms with van der Waals surface area (Å²) in [6.45, 7) is 1.58. The molecule has 0 aliphatic heterocycles. The van der Waals surface area contributed by atoms with Crippen LogP contribution in [0.15, 0.2) is 0 Å². The van der Waals surface area contributed by atoms with E-state index < -0.39 is 5.97 Å². The van der Waals surface area contributed by atoms with E-state index in [-0.39, 0.29) is 23.9 Å². The summed E-state index contributed by atoms with van der Waals surface area (Å²) in [5, 5.41) is 8.56. The first-order valence-corrected chi connectivity index (χ1v) is 8.59. The molecule has 116 valence electrons. The number of thioether (sulfide) groups is 1. The lowest BCUT2D eigenvalue weighted by Gasteiger charge is -2.13. The summed E-state index contributed by atoms with van der Waals surface area (Å²) < 4.78 is 0. The third-order valence-electron chi connectivity index (χ3n) is 3.36. The molecular formula is C15H26O4S. The van der Waals surface area contributed by atoms with Gasteiger partial charge in [-0.25, -0.2) is 0 Å². The van der Waals surface area contributed by atoms with E-state index in [1.54, 1.807) is 18.7 Å². The zero-order valence-electron chi connectivity index (χ0n) is 12.5. The Labute approximate surface area is 125 Å². The molecule has 5 heteroatoms. The van der Waals surface area contributed by atoms with E-state index in [0.717, 1.165) is 31.4 Å². The molecule has 0 bridgehead atoms. The van der Waals surface area contributed by atoms with E-state index >= 15 is 0 Å². The Morgan fingerprint density at radius 3 is 2.20 bits per heavy atom. The van der Waals surface area contributed by atoms with Gasteiger partial charge in [-0.15, -0.1) is 0 Å². The summed E-state index contributed by atoms with van der Waals surface area (Å²) in [6.07, 6.45) is 6.94. The molecule has 0 heterocycles. The van der Waals surface area contributed by atoms with Gasteiger partial charge in [0, 0.05) is 25.2 Å². The summed E-state index contributed by atoms with van der Waals surface area (Å²) in [4.78, 5) is 33.4. The number of ketones is 2. The molecule has 1 unspecified atom stereocenters. The van der Waals surface area contributed by atoms with Crippen molar-refractivity contribution >= 4 is 29.3 Å². The lowest BCUT2D eigenvalue weighted by atomic mass is 9.91. The van der Waals surface area contributed by atoms with Gasteiger partial charge < -0.3 is 5.11 Å². The van der Waals surface area contributed by atoms with E-state index in [0.29, 0.717) is 19.3 Å². The van der Waals surface area contributed by atoms with Crippen molar-refractivity contribution in [3.63, 3.8) is 0 Å².